The van der Waals surface area contributed by atoms with Crippen LogP contribution in [-0.4, -0.2) is 5.91 Å². The van der Waals surface area contributed by atoms with E-state index in [1.807, 2.05) is 6.07 Å². The van der Waals surface area contributed by atoms with E-state index in [0.717, 1.165) is 6.07 Å². The van der Waals surface area contributed by atoms with Crippen molar-refractivity contribution in [3.8, 4) is 6.07 Å². The molecular formula is C15H9ClF2N2O. The molecule has 0 fully saturated rings. The fourth-order valence-electron chi connectivity index (χ4n) is 1.77. The summed E-state index contributed by atoms with van der Waals surface area (Å²) in [4.78, 5) is 11.9. The molecular weight excluding hydrogens is 298 g/mol. The van der Waals surface area contributed by atoms with Crippen LogP contribution in [0.5, 0.6) is 0 Å². The molecule has 0 saturated carbocycles. The predicted molar refractivity (Wildman–Crippen MR) is 74.9 cm³/mol. The normalized spacial score (nSPS) is 10.0. The smallest absolute Gasteiger partial charge is 0.228 e. The van der Waals surface area contributed by atoms with Crippen molar-refractivity contribution < 1.29 is 13.6 Å². The van der Waals surface area contributed by atoms with E-state index >= 15 is 0 Å². The van der Waals surface area contributed by atoms with Crippen molar-refractivity contribution in [2.24, 2.45) is 0 Å². The number of anilines is 1. The van der Waals surface area contributed by atoms with Gasteiger partial charge in [-0.1, -0.05) is 23.7 Å². The number of benzene rings is 2. The van der Waals surface area contributed by atoms with Crippen LogP contribution < -0.4 is 5.32 Å². The minimum atomic E-state index is -1.06. The predicted octanol–water partition coefficient (Wildman–Crippen LogP) is 3.67. The SMILES string of the molecule is N#Cc1ccc(Cl)cc1NC(=O)Cc1cccc(F)c1F. The van der Waals surface area contributed by atoms with Crippen molar-refractivity contribution in [1.82, 2.24) is 0 Å². The van der Waals surface area contributed by atoms with Crippen LogP contribution in [0.3, 0.4) is 0 Å². The summed E-state index contributed by atoms with van der Waals surface area (Å²) in [5, 5.41) is 11.7. The lowest BCUT2D eigenvalue weighted by atomic mass is 10.1. The van der Waals surface area contributed by atoms with Gasteiger partial charge in [-0.3, -0.25) is 4.79 Å². The van der Waals surface area contributed by atoms with Gasteiger partial charge in [-0.2, -0.15) is 5.26 Å². The number of amides is 1. The minimum Gasteiger partial charge on any atom is -0.325 e. The monoisotopic (exact) mass is 306 g/mol. The molecule has 0 unspecified atom stereocenters. The molecule has 0 aliphatic carbocycles. The summed E-state index contributed by atoms with van der Waals surface area (Å²) in [6.07, 6.45) is -0.346. The molecule has 0 aromatic heterocycles. The molecule has 0 aliphatic rings. The van der Waals surface area contributed by atoms with Crippen LogP contribution in [0.1, 0.15) is 11.1 Å². The molecule has 0 saturated heterocycles. The zero-order valence-electron chi connectivity index (χ0n) is 10.7. The van der Waals surface area contributed by atoms with Gasteiger partial charge in [0.1, 0.15) is 6.07 Å². The number of nitrogens with zero attached hydrogens (tertiary/aromatic N) is 1. The van der Waals surface area contributed by atoms with Crippen molar-refractivity contribution in [2.75, 3.05) is 5.32 Å². The van der Waals surface area contributed by atoms with E-state index in [9.17, 15) is 13.6 Å². The van der Waals surface area contributed by atoms with Crippen LogP contribution in [0, 0.1) is 23.0 Å². The van der Waals surface area contributed by atoms with Crippen LogP contribution in [0.15, 0.2) is 36.4 Å². The van der Waals surface area contributed by atoms with E-state index in [-0.39, 0.29) is 23.2 Å². The molecule has 0 radical (unpaired) electrons. The lowest BCUT2D eigenvalue weighted by molar-refractivity contribution is -0.115. The maximum atomic E-state index is 13.5. The Bertz CT molecular complexity index is 741. The van der Waals surface area contributed by atoms with Gasteiger partial charge in [0, 0.05) is 10.6 Å². The van der Waals surface area contributed by atoms with E-state index in [2.05, 4.69) is 5.32 Å². The van der Waals surface area contributed by atoms with E-state index < -0.39 is 17.5 Å². The molecule has 2 aromatic carbocycles. The van der Waals surface area contributed by atoms with Gasteiger partial charge in [0.2, 0.25) is 5.91 Å². The Balaban J connectivity index is 2.18. The van der Waals surface area contributed by atoms with Gasteiger partial charge in [-0.25, -0.2) is 8.78 Å². The minimum absolute atomic E-state index is 0.0620. The summed E-state index contributed by atoms with van der Waals surface area (Å²) in [5.74, 6) is -2.64. The molecule has 0 atom stereocenters. The third-order valence-electron chi connectivity index (χ3n) is 2.76. The zero-order chi connectivity index (χ0) is 15.4. The maximum Gasteiger partial charge on any atom is 0.228 e. The Labute approximate surface area is 124 Å². The molecule has 6 heteroatoms. The fraction of sp³-hybridized carbons (Fsp3) is 0.0667. The second-order valence-corrected chi connectivity index (χ2v) is 4.68. The second-order valence-electron chi connectivity index (χ2n) is 4.24. The Morgan fingerprint density at radius 2 is 2.05 bits per heavy atom. The first-order valence-electron chi connectivity index (χ1n) is 5.93. The van der Waals surface area contributed by atoms with Crippen LogP contribution in [0.2, 0.25) is 5.02 Å². The number of carbonyl (C=O) groups excluding carboxylic acids is 1. The van der Waals surface area contributed by atoms with Crippen molar-refractivity contribution in [2.45, 2.75) is 6.42 Å². The summed E-state index contributed by atoms with van der Waals surface area (Å²) < 4.78 is 26.5. The summed E-state index contributed by atoms with van der Waals surface area (Å²) in [5.41, 5.74) is 0.396. The van der Waals surface area contributed by atoms with Crippen molar-refractivity contribution in [1.29, 1.82) is 5.26 Å². The quantitative estimate of drug-likeness (QED) is 0.940. The van der Waals surface area contributed by atoms with E-state index in [0.29, 0.717) is 5.02 Å². The van der Waals surface area contributed by atoms with Gasteiger partial charge in [0.25, 0.3) is 0 Å². The summed E-state index contributed by atoms with van der Waals surface area (Å²) in [6.45, 7) is 0. The molecule has 2 aromatic rings. The first-order chi connectivity index (χ1) is 10.0. The molecule has 3 nitrogen and oxygen atoms in total. The number of carbonyl (C=O) groups is 1. The van der Waals surface area contributed by atoms with Crippen molar-refractivity contribution in [3.05, 3.63) is 64.2 Å². The Kier molecular flexibility index (Phi) is 4.51. The molecule has 0 aliphatic heterocycles. The van der Waals surface area contributed by atoms with Crippen molar-refractivity contribution in [3.63, 3.8) is 0 Å². The average Bonchev–Trinajstić information content (AvgIpc) is 2.44. The topological polar surface area (TPSA) is 52.9 Å². The Hall–Kier alpha value is -2.45. The third-order valence-corrected chi connectivity index (χ3v) is 2.99. The maximum absolute atomic E-state index is 13.5. The summed E-state index contributed by atoms with van der Waals surface area (Å²) in [6, 6.07) is 9.91. The number of nitriles is 1. The first kappa shape index (κ1) is 14.9. The number of nitrogens with one attached hydrogen (secondary N) is 1. The average molecular weight is 307 g/mol. The lowest BCUT2D eigenvalue weighted by Crippen LogP contribution is -2.16. The number of hydrogen-bond acceptors (Lipinski definition) is 2. The molecule has 21 heavy (non-hydrogen) atoms. The molecule has 1 N–H and O–H groups in total. The van der Waals surface area contributed by atoms with Gasteiger partial charge in [-0.15, -0.1) is 0 Å². The Morgan fingerprint density at radius 1 is 1.29 bits per heavy atom. The highest BCUT2D eigenvalue weighted by Crippen LogP contribution is 2.21. The third kappa shape index (κ3) is 3.56. The molecule has 2 rings (SSSR count). The standard InChI is InChI=1S/C15H9ClF2N2O/c16-11-5-4-10(8-19)13(7-11)20-14(21)6-9-2-1-3-12(17)15(9)18/h1-5,7H,6H2,(H,20,21). The van der Waals surface area contributed by atoms with Gasteiger partial charge in [-0.05, 0) is 24.3 Å². The highest BCUT2D eigenvalue weighted by Gasteiger charge is 2.13. The number of hydrogen-bond donors (Lipinski definition) is 1. The Morgan fingerprint density at radius 3 is 2.76 bits per heavy atom. The molecule has 0 spiro atoms. The highest BCUT2D eigenvalue weighted by atomic mass is 35.5. The number of rotatable bonds is 3. The van der Waals surface area contributed by atoms with E-state index in [1.165, 1.54) is 30.3 Å². The number of halogens is 3. The van der Waals surface area contributed by atoms with Crippen LogP contribution >= 0.6 is 11.6 Å². The van der Waals surface area contributed by atoms with Gasteiger partial charge < -0.3 is 5.32 Å². The van der Waals surface area contributed by atoms with E-state index in [4.69, 9.17) is 16.9 Å². The van der Waals surface area contributed by atoms with Gasteiger partial charge in [0.05, 0.1) is 17.7 Å². The van der Waals surface area contributed by atoms with Crippen LogP contribution in [0.25, 0.3) is 0 Å². The second kappa shape index (κ2) is 6.33. The highest BCUT2D eigenvalue weighted by molar-refractivity contribution is 6.31. The van der Waals surface area contributed by atoms with Gasteiger partial charge >= 0.3 is 0 Å². The first-order valence-corrected chi connectivity index (χ1v) is 6.31. The lowest BCUT2D eigenvalue weighted by Gasteiger charge is -2.08. The summed E-state index contributed by atoms with van der Waals surface area (Å²) >= 11 is 5.79. The molecule has 1 amide bonds. The van der Waals surface area contributed by atoms with Crippen LogP contribution in [0.4, 0.5) is 14.5 Å². The van der Waals surface area contributed by atoms with Crippen LogP contribution in [-0.2, 0) is 11.2 Å². The molecule has 0 bridgehead atoms. The molecule has 106 valence electrons. The molecule has 0 heterocycles. The summed E-state index contributed by atoms with van der Waals surface area (Å²) in [7, 11) is 0. The van der Waals surface area contributed by atoms with Crippen molar-refractivity contribution >= 4 is 23.2 Å². The zero-order valence-corrected chi connectivity index (χ0v) is 11.4. The van der Waals surface area contributed by atoms with E-state index in [1.54, 1.807) is 0 Å². The largest absolute Gasteiger partial charge is 0.325 e. The fourth-order valence-corrected chi connectivity index (χ4v) is 1.94. The van der Waals surface area contributed by atoms with Gasteiger partial charge in [0.15, 0.2) is 11.6 Å².